The summed E-state index contributed by atoms with van der Waals surface area (Å²) in [5.41, 5.74) is 1.04. The predicted octanol–water partition coefficient (Wildman–Crippen LogP) is 4.22. The molecule has 6 nitrogen and oxygen atoms in total. The molecule has 28 heavy (non-hydrogen) atoms. The zero-order chi connectivity index (χ0) is 19.3. The van der Waals surface area contributed by atoms with E-state index in [0.717, 1.165) is 60.9 Å². The maximum absolute atomic E-state index is 12.5. The number of nitrogens with zero attached hydrogens (tertiary/aromatic N) is 3. The number of amides is 1. The molecular formula is C21H28N4O2S. The average molecular weight is 401 g/mol. The highest BCUT2D eigenvalue weighted by Crippen LogP contribution is 2.37. The van der Waals surface area contributed by atoms with Crippen LogP contribution in [-0.4, -0.2) is 39.6 Å². The molecule has 1 aromatic carbocycles. The molecule has 1 atom stereocenters. The normalized spacial score (nSPS) is 21.2. The fourth-order valence-corrected chi connectivity index (χ4v) is 5.28. The average Bonchev–Trinajstić information content (AvgIpc) is 3.05. The molecule has 1 saturated heterocycles. The van der Waals surface area contributed by atoms with Crippen LogP contribution in [0.2, 0.25) is 0 Å². The summed E-state index contributed by atoms with van der Waals surface area (Å²) in [7, 11) is 1.67. The van der Waals surface area contributed by atoms with Gasteiger partial charge in [-0.05, 0) is 49.9 Å². The number of methoxy groups -OCH3 is 1. The fraction of sp³-hybridized carbons (Fsp3) is 0.571. The van der Waals surface area contributed by atoms with E-state index in [9.17, 15) is 4.79 Å². The number of hydrogen-bond donors (Lipinski definition) is 1. The van der Waals surface area contributed by atoms with E-state index in [1.54, 1.807) is 18.9 Å². The van der Waals surface area contributed by atoms with Gasteiger partial charge in [0, 0.05) is 18.2 Å². The number of rotatable bonds is 5. The number of carbonyl (C=O) groups is 1. The first kappa shape index (κ1) is 19.3. The third kappa shape index (κ3) is 4.19. The number of benzene rings is 1. The molecule has 0 bridgehead atoms. The smallest absolute Gasteiger partial charge is 0.233 e. The molecule has 1 aliphatic heterocycles. The Morgan fingerprint density at radius 1 is 1.04 bits per heavy atom. The van der Waals surface area contributed by atoms with Gasteiger partial charge in [-0.25, -0.2) is 0 Å². The largest absolute Gasteiger partial charge is 0.497 e. The van der Waals surface area contributed by atoms with Gasteiger partial charge in [-0.15, -0.1) is 10.2 Å². The maximum atomic E-state index is 12.5. The van der Waals surface area contributed by atoms with Gasteiger partial charge in [0.1, 0.15) is 5.75 Å². The second-order valence-electron chi connectivity index (χ2n) is 7.59. The molecule has 7 heteroatoms. The first-order chi connectivity index (χ1) is 13.8. The number of ether oxygens (including phenoxy) is 1. The molecular weight excluding hydrogens is 372 g/mol. The van der Waals surface area contributed by atoms with E-state index in [1.165, 1.54) is 19.3 Å². The lowest BCUT2D eigenvalue weighted by molar-refractivity contribution is -0.120. The van der Waals surface area contributed by atoms with Crippen LogP contribution in [-0.2, 0) is 4.79 Å². The van der Waals surface area contributed by atoms with Crippen LogP contribution in [0.5, 0.6) is 5.75 Å². The minimum atomic E-state index is -0.0854. The summed E-state index contributed by atoms with van der Waals surface area (Å²) in [6, 6.07) is 8.39. The topological polar surface area (TPSA) is 69.0 Å². The number of thioether (sulfide) groups is 1. The van der Waals surface area contributed by atoms with Gasteiger partial charge in [-0.3, -0.25) is 9.36 Å². The molecule has 4 rings (SSSR count). The Morgan fingerprint density at radius 2 is 1.79 bits per heavy atom. The van der Waals surface area contributed by atoms with Crippen LogP contribution in [0.1, 0.15) is 57.4 Å². The van der Waals surface area contributed by atoms with Crippen molar-refractivity contribution < 1.29 is 9.53 Å². The summed E-state index contributed by atoms with van der Waals surface area (Å²) in [5.74, 6) is 1.86. The third-order valence-electron chi connectivity index (χ3n) is 5.69. The number of nitrogens with one attached hydrogen (secondary N) is 1. The van der Waals surface area contributed by atoms with Gasteiger partial charge >= 0.3 is 0 Å². The summed E-state index contributed by atoms with van der Waals surface area (Å²) in [6.07, 6.45) is 9.07. The molecule has 1 aliphatic carbocycles. The molecule has 150 valence electrons. The highest BCUT2D eigenvalue weighted by molar-refractivity contribution is 8.00. The van der Waals surface area contributed by atoms with Crippen LogP contribution in [0.3, 0.4) is 0 Å². The summed E-state index contributed by atoms with van der Waals surface area (Å²) < 4.78 is 7.59. The highest BCUT2D eigenvalue weighted by Gasteiger charge is 2.28. The number of carbonyl (C=O) groups excluding carboxylic acids is 1. The van der Waals surface area contributed by atoms with E-state index in [-0.39, 0.29) is 11.2 Å². The van der Waals surface area contributed by atoms with Gasteiger partial charge in [-0.2, -0.15) is 0 Å². The van der Waals surface area contributed by atoms with Gasteiger partial charge in [0.15, 0.2) is 11.0 Å². The van der Waals surface area contributed by atoms with Crippen LogP contribution in [0.15, 0.2) is 29.4 Å². The quantitative estimate of drug-likeness (QED) is 0.814. The van der Waals surface area contributed by atoms with Crippen LogP contribution in [0, 0.1) is 0 Å². The number of aromatic nitrogens is 3. The molecule has 2 aliphatic rings. The van der Waals surface area contributed by atoms with E-state index in [2.05, 4.69) is 20.1 Å². The van der Waals surface area contributed by atoms with E-state index >= 15 is 0 Å². The van der Waals surface area contributed by atoms with Crippen molar-refractivity contribution in [3.63, 3.8) is 0 Å². The van der Waals surface area contributed by atoms with Crippen molar-refractivity contribution >= 4 is 17.7 Å². The predicted molar refractivity (Wildman–Crippen MR) is 111 cm³/mol. The Labute approximate surface area is 170 Å². The van der Waals surface area contributed by atoms with Gasteiger partial charge < -0.3 is 10.1 Å². The first-order valence-corrected chi connectivity index (χ1v) is 11.2. The SMILES string of the molecule is COc1ccc(-c2nnc(S[C@H]3CCCCNC3=O)n2C2CCCCC2)cc1. The minimum absolute atomic E-state index is 0.0854. The van der Waals surface area contributed by atoms with Gasteiger partial charge in [-0.1, -0.05) is 37.4 Å². The standard InChI is InChI=1S/C21H28N4O2S/c1-27-17-12-10-15(11-13-17)19-23-24-21(25(19)16-7-3-2-4-8-16)28-18-9-5-6-14-22-20(18)26/h10-13,16,18H,2-9,14H2,1H3,(H,22,26)/t18-/m0/s1. The summed E-state index contributed by atoms with van der Waals surface area (Å²) in [4.78, 5) is 12.5. The summed E-state index contributed by atoms with van der Waals surface area (Å²) >= 11 is 1.58. The van der Waals surface area contributed by atoms with Gasteiger partial charge in [0.25, 0.3) is 0 Å². The molecule has 1 amide bonds. The summed E-state index contributed by atoms with van der Waals surface area (Å²) in [5, 5.41) is 12.9. The molecule has 2 heterocycles. The van der Waals surface area contributed by atoms with Crippen molar-refractivity contribution in [2.45, 2.75) is 67.8 Å². The summed E-state index contributed by atoms with van der Waals surface area (Å²) in [6.45, 7) is 0.780. The zero-order valence-electron chi connectivity index (χ0n) is 16.4. The lowest BCUT2D eigenvalue weighted by Crippen LogP contribution is -2.31. The van der Waals surface area contributed by atoms with Crippen molar-refractivity contribution in [2.24, 2.45) is 0 Å². The molecule has 1 aromatic heterocycles. The zero-order valence-corrected chi connectivity index (χ0v) is 17.2. The Balaban J connectivity index is 1.67. The van der Waals surface area contributed by atoms with Crippen molar-refractivity contribution in [3.8, 4) is 17.1 Å². The van der Waals surface area contributed by atoms with Crippen LogP contribution in [0.4, 0.5) is 0 Å². The van der Waals surface area contributed by atoms with Crippen molar-refractivity contribution in [2.75, 3.05) is 13.7 Å². The van der Waals surface area contributed by atoms with E-state index in [1.807, 2.05) is 24.3 Å². The van der Waals surface area contributed by atoms with Crippen LogP contribution >= 0.6 is 11.8 Å². The molecule has 2 aromatic rings. The van der Waals surface area contributed by atoms with E-state index in [0.29, 0.717) is 6.04 Å². The molecule has 0 unspecified atom stereocenters. The molecule has 1 N–H and O–H groups in total. The fourth-order valence-electron chi connectivity index (χ4n) is 4.11. The molecule has 0 radical (unpaired) electrons. The lowest BCUT2D eigenvalue weighted by Gasteiger charge is -2.26. The highest BCUT2D eigenvalue weighted by atomic mass is 32.2. The second kappa shape index (κ2) is 8.99. The van der Waals surface area contributed by atoms with Gasteiger partial charge in [0.2, 0.25) is 5.91 Å². The van der Waals surface area contributed by atoms with Crippen molar-refractivity contribution in [3.05, 3.63) is 24.3 Å². The Morgan fingerprint density at radius 3 is 2.54 bits per heavy atom. The Hall–Kier alpha value is -2.02. The molecule has 1 saturated carbocycles. The van der Waals surface area contributed by atoms with Crippen LogP contribution < -0.4 is 10.1 Å². The molecule has 0 spiro atoms. The minimum Gasteiger partial charge on any atom is -0.497 e. The van der Waals surface area contributed by atoms with E-state index in [4.69, 9.17) is 4.74 Å². The first-order valence-electron chi connectivity index (χ1n) is 10.3. The Kier molecular flexibility index (Phi) is 6.20. The lowest BCUT2D eigenvalue weighted by atomic mass is 9.95. The Bertz CT molecular complexity index is 799. The van der Waals surface area contributed by atoms with E-state index < -0.39 is 0 Å². The third-order valence-corrected chi connectivity index (χ3v) is 6.91. The van der Waals surface area contributed by atoms with Gasteiger partial charge in [0.05, 0.1) is 12.4 Å². The monoisotopic (exact) mass is 400 g/mol. The molecule has 2 fully saturated rings. The van der Waals surface area contributed by atoms with Crippen molar-refractivity contribution in [1.29, 1.82) is 0 Å². The van der Waals surface area contributed by atoms with Crippen LogP contribution in [0.25, 0.3) is 11.4 Å². The second-order valence-corrected chi connectivity index (χ2v) is 8.76. The number of hydrogen-bond acceptors (Lipinski definition) is 5. The van der Waals surface area contributed by atoms with Crippen molar-refractivity contribution in [1.82, 2.24) is 20.1 Å². The maximum Gasteiger partial charge on any atom is 0.233 e.